The Morgan fingerprint density at radius 2 is 1.79 bits per heavy atom. The minimum absolute atomic E-state index is 0.162. The van der Waals surface area contributed by atoms with Gasteiger partial charge in [0.1, 0.15) is 11.6 Å². The molecular formula is C15H13F2NO. The van der Waals surface area contributed by atoms with Crippen LogP contribution in [-0.2, 0) is 6.42 Å². The Bertz CT molecular complexity index is 594. The number of anilines is 1. The SMILES string of the molecule is CCc1ccc(C(=O)Nc2cc(F)ccc2F)cc1. The maximum atomic E-state index is 13.4. The van der Waals surface area contributed by atoms with E-state index < -0.39 is 17.5 Å². The van der Waals surface area contributed by atoms with Gasteiger partial charge in [0, 0.05) is 11.6 Å². The highest BCUT2D eigenvalue weighted by molar-refractivity contribution is 6.04. The Kier molecular flexibility index (Phi) is 3.90. The number of nitrogens with one attached hydrogen (secondary N) is 1. The van der Waals surface area contributed by atoms with Gasteiger partial charge in [-0.05, 0) is 36.2 Å². The molecule has 2 rings (SSSR count). The number of hydrogen-bond donors (Lipinski definition) is 1. The fourth-order valence-electron chi connectivity index (χ4n) is 1.68. The maximum Gasteiger partial charge on any atom is 0.255 e. The molecule has 2 aromatic carbocycles. The molecule has 0 aliphatic carbocycles. The molecule has 2 nitrogen and oxygen atoms in total. The Balaban J connectivity index is 2.18. The molecule has 0 radical (unpaired) electrons. The standard InChI is InChI=1S/C15H13F2NO/c1-2-10-3-5-11(6-4-10)15(19)18-14-9-12(16)7-8-13(14)17/h3-9H,2H2,1H3,(H,18,19). The van der Waals surface area contributed by atoms with Gasteiger partial charge in [-0.15, -0.1) is 0 Å². The number of benzene rings is 2. The molecule has 19 heavy (non-hydrogen) atoms. The number of hydrogen-bond acceptors (Lipinski definition) is 1. The van der Waals surface area contributed by atoms with E-state index in [1.807, 2.05) is 19.1 Å². The van der Waals surface area contributed by atoms with Gasteiger partial charge in [-0.1, -0.05) is 19.1 Å². The van der Waals surface area contributed by atoms with Gasteiger partial charge >= 0.3 is 0 Å². The molecule has 0 bridgehead atoms. The van der Waals surface area contributed by atoms with Gasteiger partial charge in [-0.25, -0.2) is 8.78 Å². The fraction of sp³-hybridized carbons (Fsp3) is 0.133. The molecule has 0 saturated carbocycles. The lowest BCUT2D eigenvalue weighted by Gasteiger charge is -2.07. The summed E-state index contributed by atoms with van der Waals surface area (Å²) in [6.07, 6.45) is 0.875. The van der Waals surface area contributed by atoms with E-state index in [1.165, 1.54) is 0 Å². The second-order valence-electron chi connectivity index (χ2n) is 4.13. The van der Waals surface area contributed by atoms with Gasteiger partial charge in [-0.3, -0.25) is 4.79 Å². The van der Waals surface area contributed by atoms with E-state index in [0.717, 1.165) is 30.2 Å². The van der Waals surface area contributed by atoms with Crippen LogP contribution in [-0.4, -0.2) is 5.91 Å². The largest absolute Gasteiger partial charge is 0.319 e. The minimum Gasteiger partial charge on any atom is -0.319 e. The van der Waals surface area contributed by atoms with Crippen LogP contribution in [0.5, 0.6) is 0 Å². The molecule has 0 spiro atoms. The first kappa shape index (κ1) is 13.2. The summed E-state index contributed by atoms with van der Waals surface area (Å²) < 4.78 is 26.4. The summed E-state index contributed by atoms with van der Waals surface area (Å²) in [6.45, 7) is 2.01. The Morgan fingerprint density at radius 3 is 2.42 bits per heavy atom. The third-order valence-electron chi connectivity index (χ3n) is 2.80. The highest BCUT2D eigenvalue weighted by Gasteiger charge is 2.10. The molecule has 0 heterocycles. The molecule has 98 valence electrons. The van der Waals surface area contributed by atoms with E-state index in [4.69, 9.17) is 0 Å². The van der Waals surface area contributed by atoms with Crippen molar-refractivity contribution < 1.29 is 13.6 Å². The van der Waals surface area contributed by atoms with Gasteiger partial charge < -0.3 is 5.32 Å². The van der Waals surface area contributed by atoms with Gasteiger partial charge in [0.2, 0.25) is 0 Å². The summed E-state index contributed by atoms with van der Waals surface area (Å²) in [5.74, 6) is -1.73. The van der Waals surface area contributed by atoms with Crippen LogP contribution in [0.3, 0.4) is 0 Å². The van der Waals surface area contributed by atoms with Gasteiger partial charge in [0.15, 0.2) is 0 Å². The van der Waals surface area contributed by atoms with Gasteiger partial charge in [0.25, 0.3) is 5.91 Å². The molecular weight excluding hydrogens is 248 g/mol. The maximum absolute atomic E-state index is 13.4. The number of halogens is 2. The topological polar surface area (TPSA) is 29.1 Å². The summed E-state index contributed by atoms with van der Waals surface area (Å²) in [5.41, 5.74) is 1.35. The van der Waals surface area contributed by atoms with Crippen molar-refractivity contribution in [1.29, 1.82) is 0 Å². The lowest BCUT2D eigenvalue weighted by molar-refractivity contribution is 0.102. The number of aryl methyl sites for hydroxylation is 1. The van der Waals surface area contributed by atoms with Crippen LogP contribution in [0, 0.1) is 11.6 Å². The molecule has 0 saturated heterocycles. The van der Waals surface area contributed by atoms with E-state index in [-0.39, 0.29) is 5.69 Å². The molecule has 2 aromatic rings. The van der Waals surface area contributed by atoms with Gasteiger partial charge in [-0.2, -0.15) is 0 Å². The predicted octanol–water partition coefficient (Wildman–Crippen LogP) is 3.78. The Morgan fingerprint density at radius 1 is 1.11 bits per heavy atom. The molecule has 0 aliphatic heterocycles. The third kappa shape index (κ3) is 3.16. The number of carbonyl (C=O) groups is 1. The van der Waals surface area contributed by atoms with E-state index in [0.29, 0.717) is 5.56 Å². The zero-order chi connectivity index (χ0) is 13.8. The minimum atomic E-state index is -0.667. The molecule has 0 atom stereocenters. The van der Waals surface area contributed by atoms with Gasteiger partial charge in [0.05, 0.1) is 5.69 Å². The van der Waals surface area contributed by atoms with E-state index in [2.05, 4.69) is 5.32 Å². The summed E-state index contributed by atoms with van der Waals surface area (Å²) in [4.78, 5) is 11.9. The second kappa shape index (κ2) is 5.61. The number of rotatable bonds is 3. The molecule has 0 fully saturated rings. The zero-order valence-corrected chi connectivity index (χ0v) is 10.4. The lowest BCUT2D eigenvalue weighted by atomic mass is 10.1. The summed E-state index contributed by atoms with van der Waals surface area (Å²) in [6, 6.07) is 9.91. The van der Waals surface area contributed by atoms with Crippen LogP contribution in [0.4, 0.5) is 14.5 Å². The Labute approximate surface area is 110 Å². The normalized spacial score (nSPS) is 10.3. The molecule has 0 aliphatic rings. The molecule has 1 amide bonds. The van der Waals surface area contributed by atoms with E-state index in [1.54, 1.807) is 12.1 Å². The quantitative estimate of drug-likeness (QED) is 0.895. The van der Waals surface area contributed by atoms with Crippen LogP contribution < -0.4 is 5.32 Å². The van der Waals surface area contributed by atoms with Crippen LogP contribution in [0.1, 0.15) is 22.8 Å². The fourth-order valence-corrected chi connectivity index (χ4v) is 1.68. The molecule has 0 aromatic heterocycles. The van der Waals surface area contributed by atoms with Crippen molar-refractivity contribution in [3.05, 3.63) is 65.2 Å². The van der Waals surface area contributed by atoms with E-state index >= 15 is 0 Å². The molecule has 0 unspecified atom stereocenters. The molecule has 1 N–H and O–H groups in total. The summed E-state index contributed by atoms with van der Waals surface area (Å²) >= 11 is 0. The van der Waals surface area contributed by atoms with Crippen molar-refractivity contribution in [2.45, 2.75) is 13.3 Å². The van der Waals surface area contributed by atoms with Crippen molar-refractivity contribution in [3.63, 3.8) is 0 Å². The number of amides is 1. The summed E-state index contributed by atoms with van der Waals surface area (Å²) in [7, 11) is 0. The first-order valence-electron chi connectivity index (χ1n) is 5.95. The van der Waals surface area contributed by atoms with Crippen LogP contribution in [0.2, 0.25) is 0 Å². The smallest absolute Gasteiger partial charge is 0.255 e. The van der Waals surface area contributed by atoms with Crippen LogP contribution >= 0.6 is 0 Å². The highest BCUT2D eigenvalue weighted by Crippen LogP contribution is 2.16. The monoisotopic (exact) mass is 261 g/mol. The van der Waals surface area contributed by atoms with E-state index in [9.17, 15) is 13.6 Å². The van der Waals surface area contributed by atoms with Crippen molar-refractivity contribution >= 4 is 11.6 Å². The molecule has 4 heteroatoms. The van der Waals surface area contributed by atoms with Crippen molar-refractivity contribution in [2.75, 3.05) is 5.32 Å². The average Bonchev–Trinajstić information content (AvgIpc) is 2.43. The van der Waals surface area contributed by atoms with Crippen molar-refractivity contribution in [1.82, 2.24) is 0 Å². The van der Waals surface area contributed by atoms with Crippen molar-refractivity contribution in [2.24, 2.45) is 0 Å². The Hall–Kier alpha value is -2.23. The van der Waals surface area contributed by atoms with Crippen molar-refractivity contribution in [3.8, 4) is 0 Å². The average molecular weight is 261 g/mol. The second-order valence-corrected chi connectivity index (χ2v) is 4.13. The highest BCUT2D eigenvalue weighted by atomic mass is 19.1. The first-order chi connectivity index (χ1) is 9.10. The van der Waals surface area contributed by atoms with Crippen LogP contribution in [0.25, 0.3) is 0 Å². The van der Waals surface area contributed by atoms with Crippen LogP contribution in [0.15, 0.2) is 42.5 Å². The third-order valence-corrected chi connectivity index (χ3v) is 2.80. The lowest BCUT2D eigenvalue weighted by Crippen LogP contribution is -2.13. The summed E-state index contributed by atoms with van der Waals surface area (Å²) in [5, 5.41) is 2.35. The zero-order valence-electron chi connectivity index (χ0n) is 10.4. The first-order valence-corrected chi connectivity index (χ1v) is 5.95. The number of carbonyl (C=O) groups excluding carboxylic acids is 1. The predicted molar refractivity (Wildman–Crippen MR) is 70.1 cm³/mol.